The highest BCUT2D eigenvalue weighted by atomic mass is 32.2. The second-order valence-corrected chi connectivity index (χ2v) is 6.30. The van der Waals surface area contributed by atoms with Gasteiger partial charge in [-0.05, 0) is 37.6 Å². The molecule has 0 atom stereocenters. The first-order valence-electron chi connectivity index (χ1n) is 6.41. The second-order valence-electron chi connectivity index (χ2n) is 4.50. The monoisotopic (exact) mass is 290 g/mol. The predicted octanol–water partition coefficient (Wildman–Crippen LogP) is 2.79. The molecule has 0 aliphatic heterocycles. The fourth-order valence-corrected chi connectivity index (χ4v) is 4.02. The first kappa shape index (κ1) is 14.4. The van der Waals surface area contributed by atoms with Gasteiger partial charge in [-0.3, -0.25) is 4.31 Å². The minimum absolute atomic E-state index is 0.186. The highest BCUT2D eigenvalue weighted by Crippen LogP contribution is 2.29. The molecule has 2 rings (SSSR count). The zero-order chi connectivity index (χ0) is 14.8. The van der Waals surface area contributed by atoms with Crippen molar-refractivity contribution in [2.75, 3.05) is 16.6 Å². The number of hydrogen-bond acceptors (Lipinski definition) is 3. The Balaban J connectivity index is 2.59. The van der Waals surface area contributed by atoms with Crippen molar-refractivity contribution in [1.82, 2.24) is 0 Å². The van der Waals surface area contributed by atoms with E-state index in [1.165, 1.54) is 4.31 Å². The van der Waals surface area contributed by atoms with E-state index in [0.29, 0.717) is 17.8 Å². The molecule has 0 radical (unpaired) electrons. The predicted molar refractivity (Wildman–Crippen MR) is 82.2 cm³/mol. The van der Waals surface area contributed by atoms with E-state index in [2.05, 4.69) is 0 Å². The number of nitrogen functional groups attached to an aromatic ring is 1. The molecule has 2 aromatic rings. The average Bonchev–Trinajstić information content (AvgIpc) is 2.40. The van der Waals surface area contributed by atoms with Gasteiger partial charge in [0.15, 0.2) is 0 Å². The van der Waals surface area contributed by atoms with Crippen LogP contribution in [0.15, 0.2) is 53.4 Å². The molecule has 0 fully saturated rings. The van der Waals surface area contributed by atoms with Crippen LogP contribution in [0.2, 0.25) is 0 Å². The first-order chi connectivity index (χ1) is 9.48. The Morgan fingerprint density at radius 1 is 1.05 bits per heavy atom. The highest BCUT2D eigenvalue weighted by Gasteiger charge is 2.27. The molecule has 106 valence electrons. The summed E-state index contributed by atoms with van der Waals surface area (Å²) in [5.41, 5.74) is 7.44. The molecule has 2 aromatic carbocycles. The summed E-state index contributed by atoms with van der Waals surface area (Å²) in [5, 5.41) is 0. The number of nitrogens with two attached hydrogens (primary N) is 1. The third-order valence-electron chi connectivity index (χ3n) is 3.12. The smallest absolute Gasteiger partial charge is 0.266 e. The van der Waals surface area contributed by atoms with E-state index in [1.807, 2.05) is 18.2 Å². The summed E-state index contributed by atoms with van der Waals surface area (Å²) in [6.45, 7) is 3.90. The Labute approximate surface area is 119 Å². The number of anilines is 2. The molecule has 0 aromatic heterocycles. The van der Waals surface area contributed by atoms with Crippen LogP contribution in [0.1, 0.15) is 12.5 Å². The van der Waals surface area contributed by atoms with Crippen molar-refractivity contribution in [2.24, 2.45) is 0 Å². The number of para-hydroxylation sites is 1. The van der Waals surface area contributed by atoms with E-state index in [9.17, 15) is 8.42 Å². The SMILES string of the molecule is CCN(c1ccccc1)S(=O)(=O)c1c(C)cccc1N. The van der Waals surface area contributed by atoms with Gasteiger partial charge in [0, 0.05) is 6.54 Å². The molecule has 4 nitrogen and oxygen atoms in total. The van der Waals surface area contributed by atoms with Crippen molar-refractivity contribution in [1.29, 1.82) is 0 Å². The molecule has 0 spiro atoms. The Morgan fingerprint density at radius 3 is 2.25 bits per heavy atom. The van der Waals surface area contributed by atoms with Gasteiger partial charge in [-0.2, -0.15) is 0 Å². The van der Waals surface area contributed by atoms with Gasteiger partial charge < -0.3 is 5.73 Å². The van der Waals surface area contributed by atoms with Crippen LogP contribution >= 0.6 is 0 Å². The van der Waals surface area contributed by atoms with Crippen LogP contribution in [-0.2, 0) is 10.0 Å². The molecule has 5 heteroatoms. The first-order valence-corrected chi connectivity index (χ1v) is 7.85. The fraction of sp³-hybridized carbons (Fsp3) is 0.200. The standard InChI is InChI=1S/C15H18N2O2S/c1-3-17(13-9-5-4-6-10-13)20(18,19)15-12(2)8-7-11-14(15)16/h4-11H,3,16H2,1-2H3. The lowest BCUT2D eigenvalue weighted by molar-refractivity contribution is 0.591. The van der Waals surface area contributed by atoms with Crippen molar-refractivity contribution >= 4 is 21.4 Å². The zero-order valence-corrected chi connectivity index (χ0v) is 12.4. The van der Waals surface area contributed by atoms with E-state index >= 15 is 0 Å². The summed E-state index contributed by atoms with van der Waals surface area (Å²) in [4.78, 5) is 0.186. The van der Waals surface area contributed by atoms with Crippen molar-refractivity contribution in [3.63, 3.8) is 0 Å². The van der Waals surface area contributed by atoms with Crippen LogP contribution in [0.25, 0.3) is 0 Å². The lowest BCUT2D eigenvalue weighted by atomic mass is 10.2. The van der Waals surface area contributed by atoms with Crippen molar-refractivity contribution < 1.29 is 8.42 Å². The molecule has 0 aliphatic rings. The van der Waals surface area contributed by atoms with E-state index in [0.717, 1.165) is 0 Å². The average molecular weight is 290 g/mol. The largest absolute Gasteiger partial charge is 0.398 e. The summed E-state index contributed by atoms with van der Waals surface area (Å²) in [7, 11) is -3.66. The van der Waals surface area contributed by atoms with Crippen LogP contribution < -0.4 is 10.0 Å². The van der Waals surface area contributed by atoms with E-state index in [4.69, 9.17) is 5.73 Å². The van der Waals surface area contributed by atoms with Gasteiger partial charge in [0.05, 0.1) is 11.4 Å². The summed E-state index contributed by atoms with van der Waals surface area (Å²) < 4.78 is 27.1. The Kier molecular flexibility index (Phi) is 3.99. The minimum Gasteiger partial charge on any atom is -0.398 e. The Bertz CT molecular complexity index is 677. The lowest BCUT2D eigenvalue weighted by Crippen LogP contribution is -2.31. The van der Waals surface area contributed by atoms with Gasteiger partial charge in [0.1, 0.15) is 4.90 Å². The summed E-state index contributed by atoms with van der Waals surface area (Å²) in [6.07, 6.45) is 0. The van der Waals surface area contributed by atoms with Gasteiger partial charge in [-0.25, -0.2) is 8.42 Å². The minimum atomic E-state index is -3.66. The third kappa shape index (κ3) is 2.49. The number of hydrogen-bond donors (Lipinski definition) is 1. The number of sulfonamides is 1. The molecular formula is C15H18N2O2S. The van der Waals surface area contributed by atoms with Crippen molar-refractivity contribution in [2.45, 2.75) is 18.7 Å². The lowest BCUT2D eigenvalue weighted by Gasteiger charge is -2.24. The van der Waals surface area contributed by atoms with Crippen molar-refractivity contribution in [3.05, 3.63) is 54.1 Å². The van der Waals surface area contributed by atoms with Crippen LogP contribution in [-0.4, -0.2) is 15.0 Å². The summed E-state index contributed by atoms with van der Waals surface area (Å²) in [5.74, 6) is 0. The highest BCUT2D eigenvalue weighted by molar-refractivity contribution is 7.93. The number of benzene rings is 2. The Morgan fingerprint density at radius 2 is 1.70 bits per heavy atom. The molecule has 0 heterocycles. The van der Waals surface area contributed by atoms with Gasteiger partial charge in [0.2, 0.25) is 0 Å². The quantitative estimate of drug-likeness (QED) is 0.881. The molecule has 0 bridgehead atoms. The number of nitrogens with zero attached hydrogens (tertiary/aromatic N) is 1. The molecular weight excluding hydrogens is 272 g/mol. The van der Waals surface area contributed by atoms with Crippen LogP contribution in [0.3, 0.4) is 0 Å². The van der Waals surface area contributed by atoms with Crippen LogP contribution in [0.5, 0.6) is 0 Å². The second kappa shape index (κ2) is 5.54. The molecule has 0 saturated heterocycles. The topological polar surface area (TPSA) is 63.4 Å². The van der Waals surface area contributed by atoms with Gasteiger partial charge >= 0.3 is 0 Å². The molecule has 0 amide bonds. The molecule has 0 unspecified atom stereocenters. The zero-order valence-electron chi connectivity index (χ0n) is 11.6. The molecule has 0 aliphatic carbocycles. The number of aryl methyl sites for hydroxylation is 1. The van der Waals surface area contributed by atoms with Crippen molar-refractivity contribution in [3.8, 4) is 0 Å². The Hall–Kier alpha value is -2.01. The number of rotatable bonds is 4. The maximum absolute atomic E-state index is 12.9. The summed E-state index contributed by atoms with van der Waals surface area (Å²) in [6, 6.07) is 14.1. The van der Waals surface area contributed by atoms with Gasteiger partial charge in [-0.1, -0.05) is 30.3 Å². The van der Waals surface area contributed by atoms with E-state index in [1.54, 1.807) is 44.2 Å². The molecule has 2 N–H and O–H groups in total. The molecule has 0 saturated carbocycles. The van der Waals surface area contributed by atoms with Gasteiger partial charge in [0.25, 0.3) is 10.0 Å². The van der Waals surface area contributed by atoms with E-state index < -0.39 is 10.0 Å². The van der Waals surface area contributed by atoms with Crippen LogP contribution in [0, 0.1) is 6.92 Å². The molecule has 20 heavy (non-hydrogen) atoms. The normalized spacial score (nSPS) is 11.3. The van der Waals surface area contributed by atoms with E-state index in [-0.39, 0.29) is 10.6 Å². The third-order valence-corrected chi connectivity index (χ3v) is 5.24. The fourth-order valence-electron chi connectivity index (χ4n) is 2.22. The maximum atomic E-state index is 12.9. The maximum Gasteiger partial charge on any atom is 0.266 e. The van der Waals surface area contributed by atoms with Crippen LogP contribution in [0.4, 0.5) is 11.4 Å². The van der Waals surface area contributed by atoms with Gasteiger partial charge in [-0.15, -0.1) is 0 Å². The summed E-state index contributed by atoms with van der Waals surface area (Å²) >= 11 is 0.